The number of rotatable bonds is 6. The average Bonchev–Trinajstić information content (AvgIpc) is 3.37. The van der Waals surface area contributed by atoms with Gasteiger partial charge < -0.3 is 10.6 Å². The molecule has 2 saturated heterocycles. The van der Waals surface area contributed by atoms with Crippen LogP contribution in [0.1, 0.15) is 62.1 Å². The summed E-state index contributed by atoms with van der Waals surface area (Å²) in [5, 5.41) is 5.55. The first-order valence-corrected chi connectivity index (χ1v) is 15.2. The van der Waals surface area contributed by atoms with Gasteiger partial charge in [-0.15, -0.1) is 0 Å². The first-order valence-electron chi connectivity index (χ1n) is 13.6. The first kappa shape index (κ1) is 26.8. The van der Waals surface area contributed by atoms with Crippen molar-refractivity contribution in [1.29, 1.82) is 0 Å². The summed E-state index contributed by atoms with van der Waals surface area (Å²) in [5.41, 5.74) is 2.21. The van der Waals surface area contributed by atoms with Crippen molar-refractivity contribution in [1.82, 2.24) is 14.9 Å². The number of sulfonamides is 1. The Balaban J connectivity index is 1.22. The summed E-state index contributed by atoms with van der Waals surface area (Å²) < 4.78 is 28.0. The van der Waals surface area contributed by atoms with Crippen molar-refractivity contribution in [2.24, 2.45) is 16.8 Å². The van der Waals surface area contributed by atoms with Crippen molar-refractivity contribution in [3.63, 3.8) is 0 Å². The zero-order chi connectivity index (χ0) is 27.2. The number of hydrogen-bond acceptors (Lipinski definition) is 6. The summed E-state index contributed by atoms with van der Waals surface area (Å²) in [6.45, 7) is 6.51. The number of piperidine rings is 1. The largest absolute Gasteiger partial charge is 0.329 e. The maximum atomic E-state index is 13.3. The lowest BCUT2D eigenvalue weighted by molar-refractivity contribution is -0.125. The van der Waals surface area contributed by atoms with Crippen LogP contribution in [0.4, 0.5) is 10.5 Å². The van der Waals surface area contributed by atoms with Gasteiger partial charge in [-0.05, 0) is 80.7 Å². The number of amides is 4. The summed E-state index contributed by atoms with van der Waals surface area (Å²) in [4.78, 5) is 43.0. The van der Waals surface area contributed by atoms with E-state index in [-0.39, 0.29) is 37.2 Å². The highest BCUT2D eigenvalue weighted by atomic mass is 32.2. The van der Waals surface area contributed by atoms with Crippen LogP contribution >= 0.6 is 0 Å². The Morgan fingerprint density at radius 3 is 2.24 bits per heavy atom. The highest BCUT2D eigenvalue weighted by Crippen LogP contribution is 2.36. The molecule has 3 fully saturated rings. The molecular formula is C27H37N5O5S. The second-order valence-corrected chi connectivity index (χ2v) is 13.4. The Kier molecular flexibility index (Phi) is 7.10. The van der Waals surface area contributed by atoms with Crippen LogP contribution in [0.25, 0.3) is 0 Å². The maximum absolute atomic E-state index is 13.3. The van der Waals surface area contributed by atoms with Crippen molar-refractivity contribution in [2.45, 2.75) is 71.3 Å². The van der Waals surface area contributed by atoms with Crippen LogP contribution in [0.15, 0.2) is 17.1 Å². The van der Waals surface area contributed by atoms with Crippen LogP contribution in [-0.2, 0) is 26.0 Å². The van der Waals surface area contributed by atoms with Gasteiger partial charge >= 0.3 is 6.03 Å². The number of imide groups is 1. The van der Waals surface area contributed by atoms with E-state index in [0.717, 1.165) is 53.1 Å². The zero-order valence-electron chi connectivity index (χ0n) is 22.4. The van der Waals surface area contributed by atoms with Crippen molar-refractivity contribution >= 4 is 39.4 Å². The molecule has 0 atom stereocenters. The molecule has 4 aliphatic rings. The standard InChI is InChI=1S/C27H37N5O5S/c1-17-4-6-20(7-5-17)24-29-25(34)27(30-24)9-11-31(12-10-27)38(36,37)13-8-22-18(2)14-21(15-19(22)3)32-23(33)16-28-26(32)35/h14-15,17,20H,4-13,16H2,1-3H3,(H,28,35)(H,29,30,34). The van der Waals surface area contributed by atoms with Gasteiger partial charge in [-0.3, -0.25) is 14.6 Å². The SMILES string of the molecule is Cc1cc(N2C(=O)CNC2=O)cc(C)c1CCS(=O)(=O)N1CCC2(CC1)N=C(C1CCC(C)CC1)NC2=O. The van der Waals surface area contributed by atoms with Crippen molar-refractivity contribution in [3.05, 3.63) is 28.8 Å². The summed E-state index contributed by atoms with van der Waals surface area (Å²) in [5.74, 6) is 1.37. The normalized spacial score (nSPS) is 26.0. The minimum atomic E-state index is -3.54. The number of carbonyl (C=O) groups excluding carboxylic acids is 3. The third kappa shape index (κ3) is 4.98. The number of nitrogens with one attached hydrogen (secondary N) is 2. The van der Waals surface area contributed by atoms with Gasteiger partial charge in [-0.2, -0.15) is 0 Å². The lowest BCUT2D eigenvalue weighted by Gasteiger charge is -2.34. The predicted molar refractivity (Wildman–Crippen MR) is 145 cm³/mol. The number of amidine groups is 1. The molecule has 5 rings (SSSR count). The van der Waals surface area contributed by atoms with Crippen molar-refractivity contribution < 1.29 is 22.8 Å². The third-order valence-corrected chi connectivity index (χ3v) is 10.6. The number of aryl methyl sites for hydroxylation is 2. The van der Waals surface area contributed by atoms with Crippen LogP contribution in [-0.4, -0.2) is 67.3 Å². The monoisotopic (exact) mass is 543 g/mol. The number of aliphatic imine (C=N–C) groups is 1. The van der Waals surface area contributed by atoms with E-state index in [9.17, 15) is 22.8 Å². The number of benzene rings is 1. The zero-order valence-corrected chi connectivity index (χ0v) is 23.2. The van der Waals surface area contributed by atoms with Crippen LogP contribution < -0.4 is 15.5 Å². The molecule has 11 heteroatoms. The fourth-order valence-corrected chi connectivity index (χ4v) is 7.74. The Morgan fingerprint density at radius 2 is 1.66 bits per heavy atom. The molecule has 0 bridgehead atoms. The summed E-state index contributed by atoms with van der Waals surface area (Å²) in [6.07, 6.45) is 5.48. The lowest BCUT2D eigenvalue weighted by Crippen LogP contribution is -2.51. The predicted octanol–water partition coefficient (Wildman–Crippen LogP) is 2.42. The Labute approximate surface area is 224 Å². The van der Waals surface area contributed by atoms with Gasteiger partial charge in [0.05, 0.1) is 18.0 Å². The lowest BCUT2D eigenvalue weighted by atomic mass is 9.82. The number of urea groups is 1. The van der Waals surface area contributed by atoms with Gasteiger partial charge in [0.15, 0.2) is 0 Å². The first-order chi connectivity index (χ1) is 18.0. The molecule has 10 nitrogen and oxygen atoms in total. The van der Waals surface area contributed by atoms with E-state index in [0.29, 0.717) is 36.8 Å². The molecule has 1 aromatic carbocycles. The van der Waals surface area contributed by atoms with Crippen LogP contribution in [0, 0.1) is 25.7 Å². The van der Waals surface area contributed by atoms with Gasteiger partial charge in [-0.1, -0.05) is 19.8 Å². The Morgan fingerprint density at radius 1 is 1.03 bits per heavy atom. The molecule has 1 aliphatic carbocycles. The summed E-state index contributed by atoms with van der Waals surface area (Å²) in [7, 11) is -3.54. The summed E-state index contributed by atoms with van der Waals surface area (Å²) in [6, 6.07) is 3.06. The fraction of sp³-hybridized carbons (Fsp3) is 0.630. The number of anilines is 1. The molecule has 2 N–H and O–H groups in total. The molecule has 0 aromatic heterocycles. The highest BCUT2D eigenvalue weighted by Gasteiger charge is 2.48. The average molecular weight is 544 g/mol. The van der Waals surface area contributed by atoms with Gasteiger partial charge in [0.1, 0.15) is 11.4 Å². The number of carbonyl (C=O) groups is 3. The Hall–Kier alpha value is -2.79. The van der Waals surface area contributed by atoms with E-state index >= 15 is 0 Å². The van der Waals surface area contributed by atoms with Crippen LogP contribution in [0.5, 0.6) is 0 Å². The molecule has 206 valence electrons. The highest BCUT2D eigenvalue weighted by molar-refractivity contribution is 7.89. The molecule has 4 amide bonds. The minimum absolute atomic E-state index is 0.0256. The van der Waals surface area contributed by atoms with E-state index in [1.54, 1.807) is 12.1 Å². The smallest absolute Gasteiger partial charge is 0.328 e. The van der Waals surface area contributed by atoms with Crippen LogP contribution in [0.3, 0.4) is 0 Å². The number of hydrogen-bond donors (Lipinski definition) is 2. The minimum Gasteiger partial charge on any atom is -0.328 e. The molecule has 38 heavy (non-hydrogen) atoms. The van der Waals surface area contributed by atoms with Crippen molar-refractivity contribution in [3.8, 4) is 0 Å². The van der Waals surface area contributed by atoms with Crippen LogP contribution in [0.2, 0.25) is 0 Å². The molecule has 1 aromatic rings. The fourth-order valence-electron chi connectivity index (χ4n) is 6.28. The topological polar surface area (TPSA) is 128 Å². The van der Waals surface area contributed by atoms with Gasteiger partial charge in [0.25, 0.3) is 11.8 Å². The second kappa shape index (κ2) is 10.1. The molecule has 0 unspecified atom stereocenters. The maximum Gasteiger partial charge on any atom is 0.329 e. The molecular weight excluding hydrogens is 506 g/mol. The van der Waals surface area contributed by atoms with E-state index in [2.05, 4.69) is 17.6 Å². The number of nitrogens with zero attached hydrogens (tertiary/aromatic N) is 3. The van der Waals surface area contributed by atoms with E-state index in [1.165, 1.54) is 4.31 Å². The van der Waals surface area contributed by atoms with E-state index in [4.69, 9.17) is 4.99 Å². The molecule has 3 aliphatic heterocycles. The second-order valence-electron chi connectivity index (χ2n) is 11.4. The Bertz CT molecular complexity index is 1250. The summed E-state index contributed by atoms with van der Waals surface area (Å²) >= 11 is 0. The van der Waals surface area contributed by atoms with Gasteiger partial charge in [-0.25, -0.2) is 22.4 Å². The van der Waals surface area contributed by atoms with Crippen molar-refractivity contribution in [2.75, 3.05) is 30.3 Å². The molecule has 3 heterocycles. The van der Waals surface area contributed by atoms with Gasteiger partial charge in [0.2, 0.25) is 10.0 Å². The quantitative estimate of drug-likeness (QED) is 0.533. The van der Waals surface area contributed by atoms with E-state index < -0.39 is 21.6 Å². The molecule has 1 saturated carbocycles. The third-order valence-electron chi connectivity index (χ3n) is 8.74. The molecule has 0 radical (unpaired) electrons. The molecule has 1 spiro atoms. The van der Waals surface area contributed by atoms with E-state index in [1.807, 2.05) is 13.8 Å². The van der Waals surface area contributed by atoms with Gasteiger partial charge in [0, 0.05) is 19.0 Å².